The Kier molecular flexibility index (Phi) is 5.58. The van der Waals surface area contributed by atoms with Crippen LogP contribution in [0.1, 0.15) is 16.1 Å². The summed E-state index contributed by atoms with van der Waals surface area (Å²) in [6.07, 6.45) is 1.58. The van der Waals surface area contributed by atoms with Crippen LogP contribution >= 0.6 is 11.3 Å². The number of carbonyl (C=O) groups excluding carboxylic acids is 1. The van der Waals surface area contributed by atoms with Crippen LogP contribution in [0.4, 0.5) is 5.13 Å². The van der Waals surface area contributed by atoms with E-state index in [4.69, 9.17) is 18.6 Å². The van der Waals surface area contributed by atoms with Crippen molar-refractivity contribution in [2.24, 2.45) is 0 Å². The predicted molar refractivity (Wildman–Crippen MR) is 115 cm³/mol. The number of benzene rings is 2. The highest BCUT2D eigenvalue weighted by Crippen LogP contribution is 2.33. The third kappa shape index (κ3) is 3.95. The summed E-state index contributed by atoms with van der Waals surface area (Å²) in [6.45, 7) is 0.238. The monoisotopic (exact) mass is 424 g/mol. The van der Waals surface area contributed by atoms with E-state index in [0.717, 1.165) is 10.2 Å². The smallest absolute Gasteiger partial charge is 0.260 e. The van der Waals surface area contributed by atoms with Crippen molar-refractivity contribution in [1.29, 1.82) is 0 Å². The number of carbonyl (C=O) groups is 1. The van der Waals surface area contributed by atoms with Crippen LogP contribution < -0.4 is 19.1 Å². The van der Waals surface area contributed by atoms with Crippen molar-refractivity contribution in [3.05, 3.63) is 66.1 Å². The summed E-state index contributed by atoms with van der Waals surface area (Å²) in [6, 6.07) is 14.3. The number of thiazole rings is 1. The number of nitrogens with zero attached hydrogens (tertiary/aromatic N) is 2. The lowest BCUT2D eigenvalue weighted by Crippen LogP contribution is -2.30. The molecule has 8 heteroatoms. The van der Waals surface area contributed by atoms with Crippen LogP contribution in [0.3, 0.4) is 0 Å². The molecule has 2 heterocycles. The van der Waals surface area contributed by atoms with E-state index in [1.165, 1.54) is 11.3 Å². The van der Waals surface area contributed by atoms with Crippen LogP contribution in [-0.2, 0) is 6.54 Å². The average molecular weight is 424 g/mol. The lowest BCUT2D eigenvalue weighted by atomic mass is 10.1. The fourth-order valence-corrected chi connectivity index (χ4v) is 3.95. The van der Waals surface area contributed by atoms with E-state index in [-0.39, 0.29) is 12.5 Å². The SMILES string of the molecule is COc1cc(OC)cc(C(=O)N(Cc2ccco2)c2nc3cc(OC)ccc3s2)c1. The van der Waals surface area contributed by atoms with Gasteiger partial charge in [0.2, 0.25) is 0 Å². The third-order valence-corrected chi connectivity index (χ3v) is 5.61. The fourth-order valence-electron chi connectivity index (χ4n) is 3.01. The highest BCUT2D eigenvalue weighted by molar-refractivity contribution is 7.22. The van der Waals surface area contributed by atoms with Gasteiger partial charge >= 0.3 is 0 Å². The van der Waals surface area contributed by atoms with Gasteiger partial charge in [-0.25, -0.2) is 4.98 Å². The van der Waals surface area contributed by atoms with E-state index in [2.05, 4.69) is 4.98 Å². The molecule has 0 radical (unpaired) electrons. The minimum Gasteiger partial charge on any atom is -0.497 e. The van der Waals surface area contributed by atoms with Gasteiger partial charge in [-0.2, -0.15) is 0 Å². The number of hydrogen-bond acceptors (Lipinski definition) is 7. The molecule has 0 spiro atoms. The van der Waals surface area contributed by atoms with Crippen LogP contribution in [0, 0.1) is 0 Å². The molecule has 0 N–H and O–H groups in total. The first-order chi connectivity index (χ1) is 14.6. The Hall–Kier alpha value is -3.52. The van der Waals surface area contributed by atoms with Gasteiger partial charge in [-0.3, -0.25) is 9.69 Å². The van der Waals surface area contributed by atoms with Gasteiger partial charge in [-0.05, 0) is 36.4 Å². The second kappa shape index (κ2) is 8.46. The number of hydrogen-bond donors (Lipinski definition) is 0. The van der Waals surface area contributed by atoms with Gasteiger partial charge in [0.1, 0.15) is 23.0 Å². The van der Waals surface area contributed by atoms with Crippen LogP contribution in [0.2, 0.25) is 0 Å². The molecule has 0 fully saturated rings. The summed E-state index contributed by atoms with van der Waals surface area (Å²) >= 11 is 1.42. The molecular weight excluding hydrogens is 404 g/mol. The van der Waals surface area contributed by atoms with Crippen molar-refractivity contribution in [3.8, 4) is 17.2 Å². The Balaban J connectivity index is 1.77. The maximum atomic E-state index is 13.5. The molecule has 30 heavy (non-hydrogen) atoms. The second-order valence-electron chi connectivity index (χ2n) is 6.40. The lowest BCUT2D eigenvalue weighted by Gasteiger charge is -2.19. The molecule has 0 atom stereocenters. The number of rotatable bonds is 7. The standard InChI is InChI=1S/C22H20N2O5S/c1-26-15-6-7-20-19(12-15)23-22(30-20)24(13-16-5-4-8-29-16)21(25)14-9-17(27-2)11-18(10-14)28-3/h4-12H,13H2,1-3H3. The quantitative estimate of drug-likeness (QED) is 0.426. The summed E-state index contributed by atoms with van der Waals surface area (Å²) < 4.78 is 22.4. The Bertz CT molecular complexity index is 1150. The first-order valence-electron chi connectivity index (χ1n) is 9.13. The molecule has 7 nitrogen and oxygen atoms in total. The molecule has 2 aromatic heterocycles. The largest absolute Gasteiger partial charge is 0.497 e. The van der Waals surface area contributed by atoms with E-state index in [1.807, 2.05) is 24.3 Å². The molecule has 0 aliphatic heterocycles. The molecule has 0 aliphatic carbocycles. The predicted octanol–water partition coefficient (Wildman–Crippen LogP) is 4.76. The van der Waals surface area contributed by atoms with Gasteiger partial charge < -0.3 is 18.6 Å². The van der Waals surface area contributed by atoms with Crippen molar-refractivity contribution in [3.63, 3.8) is 0 Å². The van der Waals surface area contributed by atoms with Gasteiger partial charge in [0.15, 0.2) is 5.13 Å². The summed E-state index contributed by atoms with van der Waals surface area (Å²) in [5.41, 5.74) is 1.18. The van der Waals surface area contributed by atoms with Gasteiger partial charge in [-0.15, -0.1) is 0 Å². The molecule has 0 aliphatic rings. The van der Waals surface area contributed by atoms with Gasteiger partial charge in [-0.1, -0.05) is 11.3 Å². The highest BCUT2D eigenvalue weighted by Gasteiger charge is 2.24. The third-order valence-electron chi connectivity index (χ3n) is 4.55. The van der Waals surface area contributed by atoms with Crippen LogP contribution in [0.25, 0.3) is 10.2 Å². The number of amides is 1. The number of fused-ring (bicyclic) bond motifs is 1. The zero-order chi connectivity index (χ0) is 21.1. The molecule has 4 aromatic rings. The number of methoxy groups -OCH3 is 3. The van der Waals surface area contributed by atoms with Crippen molar-refractivity contribution < 1.29 is 23.4 Å². The van der Waals surface area contributed by atoms with Gasteiger partial charge in [0, 0.05) is 17.7 Å². The Morgan fingerprint density at radius 1 is 1.00 bits per heavy atom. The molecule has 1 amide bonds. The number of anilines is 1. The summed E-state index contributed by atoms with van der Waals surface area (Å²) in [5.74, 6) is 2.18. The normalized spacial score (nSPS) is 10.8. The highest BCUT2D eigenvalue weighted by atomic mass is 32.1. The van der Waals surface area contributed by atoms with Crippen LogP contribution in [0.15, 0.2) is 59.2 Å². The second-order valence-corrected chi connectivity index (χ2v) is 7.41. The summed E-state index contributed by atoms with van der Waals surface area (Å²) in [4.78, 5) is 19.8. The minimum atomic E-state index is -0.241. The molecule has 0 unspecified atom stereocenters. The zero-order valence-electron chi connectivity index (χ0n) is 16.7. The molecule has 4 rings (SSSR count). The Morgan fingerprint density at radius 2 is 1.73 bits per heavy atom. The molecule has 2 aromatic carbocycles. The van der Waals surface area contributed by atoms with Gasteiger partial charge in [0.25, 0.3) is 5.91 Å². The molecule has 0 saturated carbocycles. The number of ether oxygens (including phenoxy) is 3. The van der Waals surface area contributed by atoms with E-state index in [1.54, 1.807) is 56.8 Å². The molecule has 0 saturated heterocycles. The number of furan rings is 1. The first-order valence-corrected chi connectivity index (χ1v) is 9.95. The molecule has 0 bridgehead atoms. The van der Waals surface area contributed by atoms with E-state index in [9.17, 15) is 4.79 Å². The van der Waals surface area contributed by atoms with Crippen molar-refractivity contribution in [2.45, 2.75) is 6.54 Å². The molecular formula is C22H20N2O5S. The maximum Gasteiger partial charge on any atom is 0.260 e. The molecule has 154 valence electrons. The summed E-state index contributed by atoms with van der Waals surface area (Å²) in [7, 11) is 4.70. The fraction of sp³-hybridized carbons (Fsp3) is 0.182. The maximum absolute atomic E-state index is 13.5. The van der Waals surface area contributed by atoms with E-state index >= 15 is 0 Å². The summed E-state index contributed by atoms with van der Waals surface area (Å²) in [5, 5.41) is 0.557. The van der Waals surface area contributed by atoms with Crippen molar-refractivity contribution in [2.75, 3.05) is 26.2 Å². The first kappa shape index (κ1) is 19.8. The van der Waals surface area contributed by atoms with E-state index in [0.29, 0.717) is 33.7 Å². The minimum absolute atomic E-state index is 0.238. The van der Waals surface area contributed by atoms with Gasteiger partial charge in [0.05, 0.1) is 44.4 Å². The van der Waals surface area contributed by atoms with Crippen LogP contribution in [-0.4, -0.2) is 32.2 Å². The number of aromatic nitrogens is 1. The topological polar surface area (TPSA) is 74.0 Å². The lowest BCUT2D eigenvalue weighted by molar-refractivity contribution is 0.0982. The zero-order valence-corrected chi connectivity index (χ0v) is 17.6. The Labute approximate surface area is 177 Å². The average Bonchev–Trinajstić information content (AvgIpc) is 3.45. The van der Waals surface area contributed by atoms with Crippen LogP contribution in [0.5, 0.6) is 17.2 Å². The Morgan fingerprint density at radius 3 is 2.37 bits per heavy atom. The van der Waals surface area contributed by atoms with E-state index < -0.39 is 0 Å². The van der Waals surface area contributed by atoms with Crippen molar-refractivity contribution >= 4 is 32.6 Å². The van der Waals surface area contributed by atoms with Crippen molar-refractivity contribution in [1.82, 2.24) is 4.98 Å².